The van der Waals surface area contributed by atoms with Gasteiger partial charge in [-0.15, -0.1) is 0 Å². The lowest BCUT2D eigenvalue weighted by Gasteiger charge is -2.05. The number of nitrogens with one attached hydrogen (secondary N) is 2. The fourth-order valence-corrected chi connectivity index (χ4v) is 1.86. The molecule has 0 saturated heterocycles. The summed E-state index contributed by atoms with van der Waals surface area (Å²) in [4.78, 5) is 24.3. The van der Waals surface area contributed by atoms with Crippen LogP contribution in [0.25, 0.3) is 0 Å². The molecule has 26 heavy (non-hydrogen) atoms. The van der Waals surface area contributed by atoms with Gasteiger partial charge in [0.15, 0.2) is 0 Å². The van der Waals surface area contributed by atoms with Gasteiger partial charge >= 0.3 is 0 Å². The van der Waals surface area contributed by atoms with Gasteiger partial charge in [-0.25, -0.2) is 0 Å². The van der Waals surface area contributed by atoms with Crippen molar-refractivity contribution in [2.75, 3.05) is 10.6 Å². The number of non-ortho nitro benzene ring substituents is 1. The van der Waals surface area contributed by atoms with Crippen molar-refractivity contribution < 1.29 is 9.72 Å². The number of amides is 1. The first kappa shape index (κ1) is 20.6. The quantitative estimate of drug-likeness (QED) is 0.467. The largest absolute Gasteiger partial charge is 0.356 e. The van der Waals surface area contributed by atoms with Crippen molar-refractivity contribution in [2.45, 2.75) is 20.8 Å². The third-order valence-electron chi connectivity index (χ3n) is 3.02. The van der Waals surface area contributed by atoms with Gasteiger partial charge in [-0.05, 0) is 44.2 Å². The Morgan fingerprint density at radius 1 is 1.04 bits per heavy atom. The van der Waals surface area contributed by atoms with Gasteiger partial charge in [-0.2, -0.15) is 0 Å². The van der Waals surface area contributed by atoms with Gasteiger partial charge in [0.2, 0.25) is 5.91 Å². The molecule has 7 heteroatoms. The number of nitro benzene ring substituents is 1. The van der Waals surface area contributed by atoms with Crippen LogP contribution in [0, 0.1) is 10.1 Å². The van der Waals surface area contributed by atoms with Gasteiger partial charge in [-0.1, -0.05) is 12.2 Å². The molecule has 2 aromatic rings. The zero-order valence-corrected chi connectivity index (χ0v) is 15.0. The van der Waals surface area contributed by atoms with Crippen LogP contribution in [0.2, 0.25) is 0 Å². The predicted octanol–water partition coefficient (Wildman–Crippen LogP) is 4.53. The Labute approximate surface area is 152 Å². The molecule has 0 aliphatic rings. The van der Waals surface area contributed by atoms with Crippen LogP contribution in [0.1, 0.15) is 20.8 Å². The average molecular weight is 354 g/mol. The first-order valence-electron chi connectivity index (χ1n) is 7.94. The van der Waals surface area contributed by atoms with E-state index in [0.717, 1.165) is 11.4 Å². The van der Waals surface area contributed by atoms with Crippen molar-refractivity contribution in [2.24, 2.45) is 0 Å². The third kappa shape index (κ3) is 7.87. The van der Waals surface area contributed by atoms with Crippen molar-refractivity contribution in [3.63, 3.8) is 0 Å². The maximum atomic E-state index is 10.6. The number of nitrogens with zero attached hydrogens (tertiary/aromatic N) is 2. The molecule has 1 aromatic heterocycles. The van der Waals surface area contributed by atoms with E-state index in [1.165, 1.54) is 31.2 Å². The molecule has 136 valence electrons. The lowest BCUT2D eigenvalue weighted by atomic mass is 10.3. The van der Waals surface area contributed by atoms with Gasteiger partial charge in [0.1, 0.15) is 0 Å². The summed E-state index contributed by atoms with van der Waals surface area (Å²) >= 11 is 0. The van der Waals surface area contributed by atoms with E-state index in [4.69, 9.17) is 0 Å². The molecule has 0 saturated carbocycles. The molecule has 0 radical (unpaired) electrons. The highest BCUT2D eigenvalue weighted by Gasteiger charge is 2.03. The summed E-state index contributed by atoms with van der Waals surface area (Å²) in [6.07, 6.45) is 9.60. The van der Waals surface area contributed by atoms with Gasteiger partial charge in [0.25, 0.3) is 5.69 Å². The minimum atomic E-state index is -0.489. The number of pyridine rings is 1. The van der Waals surface area contributed by atoms with Crippen molar-refractivity contribution >= 4 is 23.0 Å². The van der Waals surface area contributed by atoms with E-state index in [-0.39, 0.29) is 11.6 Å². The molecule has 7 nitrogen and oxygen atoms in total. The van der Waals surface area contributed by atoms with E-state index in [1.54, 1.807) is 12.4 Å². The SMILES string of the molecule is C/C=C\C(=C/C)Nc1ccncc1.CC(=O)Nc1ccc([N+](=O)[O-])cc1. The molecule has 0 bridgehead atoms. The number of aromatic nitrogens is 1. The fourth-order valence-electron chi connectivity index (χ4n) is 1.86. The summed E-state index contributed by atoms with van der Waals surface area (Å²) in [6, 6.07) is 9.52. The topological polar surface area (TPSA) is 97.2 Å². The molecule has 0 aliphatic carbocycles. The van der Waals surface area contributed by atoms with Crippen LogP contribution in [0.4, 0.5) is 17.1 Å². The Bertz CT molecular complexity index is 769. The number of anilines is 2. The molecule has 0 aliphatic heterocycles. The number of rotatable bonds is 5. The number of carbonyl (C=O) groups is 1. The normalized spacial score (nSPS) is 10.7. The standard InChI is InChI=1S/C11H14N2.C8H8N2O3/c1-3-5-10(4-2)13-11-6-8-12-9-7-11;1-6(11)9-7-2-4-8(5-3-7)10(12)13/h3-9H,1-2H3,(H,12,13);2-5H,1H3,(H,9,11)/b5-3-,10-4+;. The number of benzene rings is 1. The smallest absolute Gasteiger partial charge is 0.269 e. The number of nitro groups is 1. The second kappa shape index (κ2) is 11.1. The Kier molecular flexibility index (Phi) is 8.81. The molecule has 1 aromatic carbocycles. The molecule has 0 fully saturated rings. The highest BCUT2D eigenvalue weighted by atomic mass is 16.6. The molecule has 0 atom stereocenters. The van der Waals surface area contributed by atoms with Crippen molar-refractivity contribution in [1.82, 2.24) is 4.98 Å². The number of allylic oxidation sites excluding steroid dienone is 3. The minimum Gasteiger partial charge on any atom is -0.356 e. The van der Waals surface area contributed by atoms with Crippen molar-refractivity contribution in [3.05, 3.63) is 82.8 Å². The predicted molar refractivity (Wildman–Crippen MR) is 104 cm³/mol. The van der Waals surface area contributed by atoms with Gasteiger partial charge in [0.05, 0.1) is 4.92 Å². The molecule has 1 heterocycles. The molecule has 0 unspecified atom stereocenters. The summed E-state index contributed by atoms with van der Waals surface area (Å²) in [7, 11) is 0. The first-order chi connectivity index (χ1) is 12.5. The third-order valence-corrected chi connectivity index (χ3v) is 3.02. The van der Waals surface area contributed by atoms with E-state index < -0.39 is 4.92 Å². The van der Waals surface area contributed by atoms with E-state index in [2.05, 4.69) is 15.6 Å². The van der Waals surface area contributed by atoms with Gasteiger partial charge in [-0.3, -0.25) is 19.9 Å². The summed E-state index contributed by atoms with van der Waals surface area (Å²) in [5, 5.41) is 16.0. The summed E-state index contributed by atoms with van der Waals surface area (Å²) in [6.45, 7) is 5.38. The maximum Gasteiger partial charge on any atom is 0.269 e. The summed E-state index contributed by atoms with van der Waals surface area (Å²) < 4.78 is 0. The van der Waals surface area contributed by atoms with Crippen LogP contribution >= 0.6 is 0 Å². The van der Waals surface area contributed by atoms with Crippen LogP contribution in [0.3, 0.4) is 0 Å². The maximum absolute atomic E-state index is 10.6. The number of carbonyl (C=O) groups excluding carboxylic acids is 1. The summed E-state index contributed by atoms with van der Waals surface area (Å²) in [5.41, 5.74) is 2.71. The molecule has 0 spiro atoms. The Hall–Kier alpha value is -3.48. The van der Waals surface area contributed by atoms with Gasteiger partial charge in [0, 0.05) is 48.5 Å². The monoisotopic (exact) mass is 354 g/mol. The summed E-state index contributed by atoms with van der Waals surface area (Å²) in [5.74, 6) is -0.200. The Morgan fingerprint density at radius 2 is 1.62 bits per heavy atom. The van der Waals surface area contributed by atoms with Crippen LogP contribution in [-0.4, -0.2) is 15.8 Å². The average Bonchev–Trinajstić information content (AvgIpc) is 2.62. The molecular weight excluding hydrogens is 332 g/mol. The van der Waals surface area contributed by atoms with E-state index in [9.17, 15) is 14.9 Å². The van der Waals surface area contributed by atoms with Crippen LogP contribution < -0.4 is 10.6 Å². The van der Waals surface area contributed by atoms with E-state index in [0.29, 0.717) is 5.69 Å². The zero-order valence-electron chi connectivity index (χ0n) is 15.0. The lowest BCUT2D eigenvalue weighted by Crippen LogP contribution is -2.05. The van der Waals surface area contributed by atoms with Gasteiger partial charge < -0.3 is 10.6 Å². The Balaban J connectivity index is 0.000000260. The molecular formula is C19H22N4O3. The van der Waals surface area contributed by atoms with Crippen molar-refractivity contribution in [3.8, 4) is 0 Å². The lowest BCUT2D eigenvalue weighted by molar-refractivity contribution is -0.384. The molecule has 2 rings (SSSR count). The molecule has 2 N–H and O–H groups in total. The second-order valence-electron chi connectivity index (χ2n) is 5.09. The first-order valence-corrected chi connectivity index (χ1v) is 7.94. The Morgan fingerprint density at radius 3 is 2.08 bits per heavy atom. The van der Waals surface area contributed by atoms with E-state index >= 15 is 0 Å². The zero-order chi connectivity index (χ0) is 19.4. The minimum absolute atomic E-state index is 0.00843. The van der Waals surface area contributed by atoms with E-state index in [1.807, 2.05) is 44.2 Å². The van der Waals surface area contributed by atoms with Crippen LogP contribution in [0.5, 0.6) is 0 Å². The highest BCUT2D eigenvalue weighted by Crippen LogP contribution is 2.15. The number of hydrogen-bond donors (Lipinski definition) is 2. The highest BCUT2D eigenvalue weighted by molar-refractivity contribution is 5.88. The number of hydrogen-bond acceptors (Lipinski definition) is 5. The van der Waals surface area contributed by atoms with Crippen LogP contribution in [0.15, 0.2) is 72.7 Å². The fraction of sp³-hybridized carbons (Fsp3) is 0.158. The van der Waals surface area contributed by atoms with Crippen LogP contribution in [-0.2, 0) is 4.79 Å². The van der Waals surface area contributed by atoms with Crippen molar-refractivity contribution in [1.29, 1.82) is 0 Å². The molecule has 1 amide bonds. The second-order valence-corrected chi connectivity index (χ2v) is 5.09.